The summed E-state index contributed by atoms with van der Waals surface area (Å²) in [6.07, 6.45) is 3.08. The van der Waals surface area contributed by atoms with Gasteiger partial charge in [0.15, 0.2) is 0 Å². The molecule has 0 unspecified atom stereocenters. The molecule has 128 valence electrons. The minimum Gasteiger partial charge on any atom is -0.490 e. The Balaban J connectivity index is 1.89. The number of carbonyl (C=O) groups is 2. The molecule has 2 N–H and O–H groups in total. The van der Waals surface area contributed by atoms with E-state index in [9.17, 15) is 9.59 Å². The molecule has 0 radical (unpaired) electrons. The molecule has 0 fully saturated rings. The molecule has 0 heterocycles. The van der Waals surface area contributed by atoms with E-state index in [0.29, 0.717) is 18.0 Å². The summed E-state index contributed by atoms with van der Waals surface area (Å²) in [4.78, 5) is 23.6. The van der Waals surface area contributed by atoms with Gasteiger partial charge in [-0.3, -0.25) is 9.59 Å². The summed E-state index contributed by atoms with van der Waals surface area (Å²) in [6.45, 7) is 5.88. The van der Waals surface area contributed by atoms with Crippen molar-refractivity contribution in [3.63, 3.8) is 0 Å². The number of anilines is 1. The van der Waals surface area contributed by atoms with Gasteiger partial charge in [-0.05, 0) is 42.3 Å². The van der Waals surface area contributed by atoms with Crippen molar-refractivity contribution in [3.8, 4) is 5.75 Å². The van der Waals surface area contributed by atoms with Crippen molar-refractivity contribution < 1.29 is 14.3 Å². The van der Waals surface area contributed by atoms with Crippen molar-refractivity contribution in [2.24, 2.45) is 5.10 Å². The normalized spacial score (nSPS) is 10.3. The van der Waals surface area contributed by atoms with Crippen molar-refractivity contribution in [1.29, 1.82) is 0 Å². The number of hydrogen-bond donors (Lipinski definition) is 2. The van der Waals surface area contributed by atoms with Gasteiger partial charge in [-0.2, -0.15) is 5.10 Å². The fourth-order valence-corrected chi connectivity index (χ4v) is 1.97. The van der Waals surface area contributed by atoms with Gasteiger partial charge in [-0.15, -0.1) is 0 Å². The van der Waals surface area contributed by atoms with Gasteiger partial charge >= 0.3 is 11.8 Å². The minimum absolute atomic E-state index is 0.399. The average molecular weight is 337 g/mol. The Morgan fingerprint density at radius 2 is 1.96 bits per heavy atom. The highest BCUT2D eigenvalue weighted by atomic mass is 16.5. The van der Waals surface area contributed by atoms with Crippen molar-refractivity contribution >= 4 is 23.7 Å². The topological polar surface area (TPSA) is 79.8 Å². The molecule has 0 saturated carbocycles. The summed E-state index contributed by atoms with van der Waals surface area (Å²) in [5.74, 6) is -0.977. The number of rotatable bonds is 6. The first-order chi connectivity index (χ1) is 12.1. The number of nitrogens with zero attached hydrogens (tertiary/aromatic N) is 1. The third-order valence-corrected chi connectivity index (χ3v) is 3.09. The lowest BCUT2D eigenvalue weighted by atomic mass is 10.2. The maximum atomic E-state index is 11.8. The Morgan fingerprint density at radius 1 is 1.16 bits per heavy atom. The molecule has 0 aliphatic heterocycles. The molecule has 2 aromatic rings. The Hall–Kier alpha value is -3.41. The zero-order chi connectivity index (χ0) is 18.1. The Kier molecular flexibility index (Phi) is 6.47. The van der Waals surface area contributed by atoms with Crippen LogP contribution < -0.4 is 15.5 Å². The zero-order valence-electron chi connectivity index (χ0n) is 13.9. The molecule has 2 rings (SSSR count). The maximum absolute atomic E-state index is 11.8. The van der Waals surface area contributed by atoms with Crippen LogP contribution in [0.2, 0.25) is 0 Å². The summed E-state index contributed by atoms with van der Waals surface area (Å²) in [5.41, 5.74) is 4.45. The Bertz CT molecular complexity index is 800. The lowest BCUT2D eigenvalue weighted by molar-refractivity contribution is -0.136. The molecule has 0 aliphatic carbocycles. The van der Waals surface area contributed by atoms with Gasteiger partial charge in [-0.25, -0.2) is 5.43 Å². The third kappa shape index (κ3) is 5.95. The molecule has 0 spiro atoms. The fourth-order valence-electron chi connectivity index (χ4n) is 1.97. The quantitative estimate of drug-likeness (QED) is 0.368. The summed E-state index contributed by atoms with van der Waals surface area (Å²) >= 11 is 0. The van der Waals surface area contributed by atoms with E-state index in [1.807, 2.05) is 13.0 Å². The van der Waals surface area contributed by atoms with Gasteiger partial charge in [0.05, 0.1) is 6.21 Å². The van der Waals surface area contributed by atoms with Crippen molar-refractivity contribution in [2.75, 3.05) is 11.9 Å². The molecule has 0 atom stereocenters. The van der Waals surface area contributed by atoms with Gasteiger partial charge in [0, 0.05) is 5.69 Å². The number of aryl methyl sites for hydroxylation is 1. The van der Waals surface area contributed by atoms with Gasteiger partial charge < -0.3 is 10.1 Å². The van der Waals surface area contributed by atoms with Crippen LogP contribution in [0, 0.1) is 6.92 Å². The van der Waals surface area contributed by atoms with E-state index in [-0.39, 0.29) is 0 Å². The second-order valence-corrected chi connectivity index (χ2v) is 5.19. The second-order valence-electron chi connectivity index (χ2n) is 5.19. The van der Waals surface area contributed by atoms with Crippen LogP contribution in [-0.2, 0) is 9.59 Å². The van der Waals surface area contributed by atoms with Crippen LogP contribution in [0.15, 0.2) is 66.3 Å². The average Bonchev–Trinajstić information content (AvgIpc) is 2.60. The SMILES string of the molecule is C=CCOc1cccc(/C=N\NC(=O)C(=O)Nc2cccc(C)c2)c1. The summed E-state index contributed by atoms with van der Waals surface area (Å²) < 4.78 is 5.41. The summed E-state index contributed by atoms with van der Waals surface area (Å²) in [6, 6.07) is 14.3. The first-order valence-electron chi connectivity index (χ1n) is 7.63. The molecule has 25 heavy (non-hydrogen) atoms. The minimum atomic E-state index is -0.850. The molecule has 0 aliphatic rings. The molecule has 0 saturated heterocycles. The number of carbonyl (C=O) groups excluding carboxylic acids is 2. The van der Waals surface area contributed by atoms with Crippen LogP contribution in [0.4, 0.5) is 5.69 Å². The highest BCUT2D eigenvalue weighted by Crippen LogP contribution is 2.12. The number of nitrogens with one attached hydrogen (secondary N) is 2. The van der Waals surface area contributed by atoms with Crippen molar-refractivity contribution in [3.05, 3.63) is 72.3 Å². The number of benzene rings is 2. The molecule has 6 heteroatoms. The van der Waals surface area contributed by atoms with Gasteiger partial charge in [0.2, 0.25) is 0 Å². The summed E-state index contributed by atoms with van der Waals surface area (Å²) in [5, 5.41) is 6.29. The predicted molar refractivity (Wildman–Crippen MR) is 97.7 cm³/mol. The van der Waals surface area contributed by atoms with Crippen LogP contribution in [-0.4, -0.2) is 24.6 Å². The highest BCUT2D eigenvalue weighted by Gasteiger charge is 2.12. The van der Waals surface area contributed by atoms with Crippen molar-refractivity contribution in [2.45, 2.75) is 6.92 Å². The lowest BCUT2D eigenvalue weighted by Gasteiger charge is -2.05. The van der Waals surface area contributed by atoms with Crippen LogP contribution in [0.5, 0.6) is 5.75 Å². The standard InChI is InChI=1S/C19H19N3O3/c1-3-10-25-17-9-5-7-15(12-17)13-20-22-19(24)18(23)21-16-8-4-6-14(2)11-16/h3-9,11-13H,1,10H2,2H3,(H,21,23)(H,22,24)/b20-13-. The van der Waals surface area contributed by atoms with Crippen LogP contribution in [0.1, 0.15) is 11.1 Å². The van der Waals surface area contributed by atoms with E-state index in [0.717, 1.165) is 11.1 Å². The molecular formula is C19H19N3O3. The third-order valence-electron chi connectivity index (χ3n) is 3.09. The van der Waals surface area contributed by atoms with E-state index >= 15 is 0 Å². The van der Waals surface area contributed by atoms with E-state index < -0.39 is 11.8 Å². The monoisotopic (exact) mass is 337 g/mol. The van der Waals surface area contributed by atoms with E-state index in [1.165, 1.54) is 6.21 Å². The first kappa shape index (κ1) is 17.9. The Morgan fingerprint density at radius 3 is 2.72 bits per heavy atom. The molecule has 2 amide bonds. The van der Waals surface area contributed by atoms with Crippen molar-refractivity contribution in [1.82, 2.24) is 5.43 Å². The largest absolute Gasteiger partial charge is 0.490 e. The van der Waals surface area contributed by atoms with Crippen LogP contribution in [0.3, 0.4) is 0 Å². The maximum Gasteiger partial charge on any atom is 0.329 e. The summed E-state index contributed by atoms with van der Waals surface area (Å²) in [7, 11) is 0. The Labute approximate surface area is 146 Å². The van der Waals surface area contributed by atoms with E-state index in [1.54, 1.807) is 48.5 Å². The number of hydrazone groups is 1. The number of amides is 2. The second kappa shape index (κ2) is 9.02. The van der Waals surface area contributed by atoms with E-state index in [4.69, 9.17) is 4.74 Å². The first-order valence-corrected chi connectivity index (χ1v) is 7.63. The predicted octanol–water partition coefficient (Wildman–Crippen LogP) is 2.65. The van der Waals surface area contributed by atoms with Gasteiger partial charge in [0.1, 0.15) is 12.4 Å². The van der Waals surface area contributed by atoms with E-state index in [2.05, 4.69) is 22.4 Å². The lowest BCUT2D eigenvalue weighted by Crippen LogP contribution is -2.32. The smallest absolute Gasteiger partial charge is 0.329 e. The molecule has 6 nitrogen and oxygen atoms in total. The zero-order valence-corrected chi connectivity index (χ0v) is 13.9. The molecule has 2 aromatic carbocycles. The van der Waals surface area contributed by atoms with Gasteiger partial charge in [-0.1, -0.05) is 36.9 Å². The number of hydrogen-bond acceptors (Lipinski definition) is 4. The molecule has 0 aromatic heterocycles. The van der Waals surface area contributed by atoms with Gasteiger partial charge in [0.25, 0.3) is 0 Å². The molecular weight excluding hydrogens is 318 g/mol. The van der Waals surface area contributed by atoms with Crippen LogP contribution in [0.25, 0.3) is 0 Å². The highest BCUT2D eigenvalue weighted by molar-refractivity contribution is 6.39. The van der Waals surface area contributed by atoms with Crippen LogP contribution >= 0.6 is 0 Å². The fraction of sp³-hybridized carbons (Fsp3) is 0.105. The molecule has 0 bridgehead atoms. The number of ether oxygens (including phenoxy) is 1.